The third-order valence-corrected chi connectivity index (χ3v) is 11.0. The summed E-state index contributed by atoms with van der Waals surface area (Å²) < 4.78 is 64.0. The fraction of sp³-hybridized carbons (Fsp3) is 0. The fourth-order valence-corrected chi connectivity index (χ4v) is 9.85. The summed E-state index contributed by atoms with van der Waals surface area (Å²) in [6.07, 6.45) is 0. The van der Waals surface area contributed by atoms with E-state index >= 15 is 0 Å². The Hall–Kier alpha value is -3.98. The van der Waals surface area contributed by atoms with E-state index in [1.165, 1.54) is 26.3 Å². The van der Waals surface area contributed by atoms with Gasteiger partial charge in [-0.05, 0) is 55.1 Å². The molecule has 0 spiro atoms. The van der Waals surface area contributed by atoms with Gasteiger partial charge in [0.15, 0.2) is 0 Å². The van der Waals surface area contributed by atoms with Crippen LogP contribution in [0.15, 0.2) is 162 Å². The van der Waals surface area contributed by atoms with Crippen molar-refractivity contribution < 1.29 is 64.6 Å². The summed E-state index contributed by atoms with van der Waals surface area (Å²) in [5.74, 6) is 3.63. The number of aliphatic imine (C=N–C) groups is 1. The maximum absolute atomic E-state index is 8.49. The first kappa shape index (κ1) is 47.1. The molecule has 0 amide bonds. The normalized spacial score (nSPS) is 9.02. The van der Waals surface area contributed by atoms with Crippen LogP contribution in [0, 0.1) is 36.8 Å². The minimum absolute atomic E-state index is 0. The van der Waals surface area contributed by atoms with Crippen LogP contribution < -0.4 is 39.9 Å². The maximum atomic E-state index is 8.49. The van der Waals surface area contributed by atoms with Gasteiger partial charge in [-0.3, -0.25) is 0 Å². The van der Waals surface area contributed by atoms with Gasteiger partial charge in [-0.15, -0.1) is 10.2 Å². The van der Waals surface area contributed by atoms with Gasteiger partial charge in [0.05, 0.1) is 10.7 Å². The van der Waals surface area contributed by atoms with Crippen molar-refractivity contribution in [1.82, 2.24) is 0 Å². The molecule has 0 unspecified atom stereocenters. The van der Waals surface area contributed by atoms with Crippen molar-refractivity contribution in [3.05, 3.63) is 183 Å². The van der Waals surface area contributed by atoms with E-state index in [4.69, 9.17) is 42.2 Å². The molecule has 5 aromatic rings. The molecule has 1 radical (unpaired) electrons. The van der Waals surface area contributed by atoms with Crippen LogP contribution >= 0.6 is 15.8 Å². The first-order valence-electron chi connectivity index (χ1n) is 13.0. The van der Waals surface area contributed by atoms with E-state index in [-0.39, 0.29) is 17.1 Å². The van der Waals surface area contributed by atoms with Crippen molar-refractivity contribution in [1.29, 1.82) is 0 Å². The van der Waals surface area contributed by atoms with Crippen LogP contribution in [0.5, 0.6) is 0 Å². The Kier molecular flexibility index (Phi) is 27.9. The number of hydrogen-bond donors (Lipinski definition) is 0. The first-order chi connectivity index (χ1) is 23.4. The van der Waals surface area contributed by atoms with Gasteiger partial charge in [-0.2, -0.15) is 0 Å². The zero-order valence-corrected chi connectivity index (χ0v) is 29.0. The SMILES string of the molecule is C(=Nc1ccccc1)=C(P(c1ccccc1)c1ccccc1)P(c1ccccc1)c1ccccc1.[C-]#[O+].[C-]#[O+].[C-]#[O+].[C-]#[O+].[Mn].[O-][Cl+3]([O-])([O-])[O-]. The smallest absolute Gasteiger partial charge is 0 e. The van der Waals surface area contributed by atoms with Crippen LogP contribution in [0.1, 0.15) is 0 Å². The number of rotatable bonds is 7. The Morgan fingerprint density at radius 1 is 0.449 bits per heavy atom. The second-order valence-corrected chi connectivity index (χ2v) is 13.7. The number of benzene rings is 5. The van der Waals surface area contributed by atoms with Crippen molar-refractivity contribution in [2.24, 2.45) is 4.99 Å². The third kappa shape index (κ3) is 18.4. The molecule has 49 heavy (non-hydrogen) atoms. The fourth-order valence-electron chi connectivity index (χ4n) is 3.91. The van der Waals surface area contributed by atoms with E-state index in [0.29, 0.717) is 0 Å². The number of halogens is 1. The van der Waals surface area contributed by atoms with Crippen molar-refractivity contribution in [2.45, 2.75) is 0 Å². The summed E-state index contributed by atoms with van der Waals surface area (Å²) in [5.41, 5.74) is 0.914. The molecule has 0 atom stereocenters. The molecule has 0 aliphatic rings. The Morgan fingerprint density at radius 2 is 0.653 bits per heavy atom. The predicted molar refractivity (Wildman–Crippen MR) is 171 cm³/mol. The molecule has 9 nitrogen and oxygen atoms in total. The molecule has 5 aromatic carbocycles. The molecule has 0 saturated heterocycles. The standard InChI is InChI=1S/C32H25NP2.4CO.ClHO4.Mn/c1-6-16-27(17-7-1)33-26-32(34(28-18-8-2-9-19-28)29-20-10-3-11-21-29)35(30-22-12-4-13-23-30)31-24-14-5-15-25-31;4*1-2;2-1(3,4)5;/h1-25H;;;;;(H,2,3,4,5);/p-1. The molecule has 247 valence electrons. The summed E-state index contributed by atoms with van der Waals surface area (Å²) in [7, 11) is -6.66. The minimum Gasteiger partial charge on any atom is -0.222 e. The van der Waals surface area contributed by atoms with E-state index in [9.17, 15) is 0 Å². The van der Waals surface area contributed by atoms with Gasteiger partial charge in [-0.1, -0.05) is 140 Å². The van der Waals surface area contributed by atoms with Crippen LogP contribution in [0.4, 0.5) is 5.69 Å². The van der Waals surface area contributed by atoms with E-state index in [1.54, 1.807) is 0 Å². The molecule has 0 heterocycles. The van der Waals surface area contributed by atoms with Crippen LogP contribution in [0.2, 0.25) is 0 Å². The quantitative estimate of drug-likeness (QED) is 0.0813. The Morgan fingerprint density at radius 3 is 0.878 bits per heavy atom. The van der Waals surface area contributed by atoms with E-state index < -0.39 is 26.1 Å². The molecule has 0 N–H and O–H groups in total. The van der Waals surface area contributed by atoms with Crippen molar-refractivity contribution >= 4 is 48.6 Å². The van der Waals surface area contributed by atoms with Gasteiger partial charge < -0.3 is 0 Å². The Balaban J connectivity index is 0. The largest absolute Gasteiger partial charge is 0.222 e. The third-order valence-electron chi connectivity index (χ3n) is 5.52. The van der Waals surface area contributed by atoms with E-state index in [2.05, 4.69) is 154 Å². The summed E-state index contributed by atoms with van der Waals surface area (Å²) in [5, 5.41) is 6.46. The zero-order chi connectivity index (χ0) is 36.2. The second-order valence-electron chi connectivity index (χ2n) is 8.27. The molecule has 0 saturated carbocycles. The molecule has 0 aliphatic carbocycles. The molecule has 13 heteroatoms. The van der Waals surface area contributed by atoms with Gasteiger partial charge in [0, 0.05) is 17.1 Å². The van der Waals surface area contributed by atoms with Crippen molar-refractivity contribution in [3.63, 3.8) is 0 Å². The molecule has 0 aromatic heterocycles. The second kappa shape index (κ2) is 29.0. The average molecular weight is 752 g/mol. The van der Waals surface area contributed by atoms with Gasteiger partial charge in [0.25, 0.3) is 0 Å². The molecule has 0 aliphatic heterocycles. The predicted octanol–water partition coefficient (Wildman–Crippen LogP) is 2.19. The first-order valence-corrected chi connectivity index (χ1v) is 16.9. The monoisotopic (exact) mass is 751 g/mol. The van der Waals surface area contributed by atoms with Gasteiger partial charge >= 0.3 is 45.2 Å². The van der Waals surface area contributed by atoms with Gasteiger partial charge in [0.2, 0.25) is 0 Å². The van der Waals surface area contributed by atoms with Gasteiger partial charge in [-0.25, -0.2) is 23.6 Å². The molecular weight excluding hydrogens is 727 g/mol. The van der Waals surface area contributed by atoms with Gasteiger partial charge in [0.1, 0.15) is 0 Å². The summed E-state index contributed by atoms with van der Waals surface area (Å²) in [4.78, 5) is 4.90. The van der Waals surface area contributed by atoms with Crippen molar-refractivity contribution in [3.8, 4) is 0 Å². The van der Waals surface area contributed by atoms with Crippen LogP contribution in [0.25, 0.3) is 0 Å². The zero-order valence-electron chi connectivity index (χ0n) is 25.3. The molecule has 0 bridgehead atoms. The Labute approximate surface area is 300 Å². The summed E-state index contributed by atoms with van der Waals surface area (Å²) in [6.45, 7) is 18.0. The summed E-state index contributed by atoms with van der Waals surface area (Å²) >= 11 is 0. The Bertz CT molecular complexity index is 1520. The van der Waals surface area contributed by atoms with E-state index in [1.807, 2.05) is 30.3 Å². The molecule has 0 fully saturated rings. The number of nitrogens with zero attached hydrogens (tertiary/aromatic N) is 1. The van der Waals surface area contributed by atoms with Crippen molar-refractivity contribution in [2.75, 3.05) is 0 Å². The topological polar surface area (TPSA) is 184 Å². The summed E-state index contributed by atoms with van der Waals surface area (Å²) in [6, 6.07) is 53.5. The number of hydrogen-bond acceptors (Lipinski definition) is 5. The average Bonchev–Trinajstić information content (AvgIpc) is 3.15. The molecule has 5 rings (SSSR count). The van der Waals surface area contributed by atoms with Crippen LogP contribution in [-0.2, 0) is 35.7 Å². The number of para-hydroxylation sites is 1. The minimum atomic E-state index is -4.94. The van der Waals surface area contributed by atoms with E-state index in [0.717, 1.165) is 5.69 Å². The molecular formula is C36H25ClMnNO8P2-. The van der Waals surface area contributed by atoms with Crippen LogP contribution in [0.3, 0.4) is 0 Å². The van der Waals surface area contributed by atoms with Crippen LogP contribution in [-0.4, -0.2) is 5.87 Å². The maximum Gasteiger partial charge on any atom is 0 e.